The molecule has 2 aliphatic rings. The Balaban J connectivity index is 1.71. The predicted octanol–water partition coefficient (Wildman–Crippen LogP) is 3.09. The molecule has 1 heterocycles. The van der Waals surface area contributed by atoms with Crippen molar-refractivity contribution in [3.05, 3.63) is 28.8 Å². The van der Waals surface area contributed by atoms with E-state index in [1.165, 1.54) is 0 Å². The number of nitrogens with one attached hydrogen (secondary N) is 2. The molecule has 7 heteroatoms. The zero-order chi connectivity index (χ0) is 18.2. The maximum absolute atomic E-state index is 12.8. The van der Waals surface area contributed by atoms with Crippen LogP contribution in [0.4, 0.5) is 10.5 Å². The van der Waals surface area contributed by atoms with Crippen LogP contribution in [0, 0.1) is 12.8 Å². The molecule has 1 spiro atoms. The van der Waals surface area contributed by atoms with Crippen LogP contribution in [0.15, 0.2) is 18.2 Å². The van der Waals surface area contributed by atoms with Crippen LogP contribution in [-0.2, 0) is 9.59 Å². The lowest BCUT2D eigenvalue weighted by molar-refractivity contribution is -0.136. The second kappa shape index (κ2) is 6.67. The summed E-state index contributed by atoms with van der Waals surface area (Å²) in [6.07, 6.45) is 3.47. The molecular weight excluding hydrogens is 342 g/mol. The molecule has 1 aromatic rings. The molecule has 4 amide bonds. The van der Waals surface area contributed by atoms with E-state index in [4.69, 9.17) is 11.6 Å². The zero-order valence-electron chi connectivity index (χ0n) is 14.4. The third kappa shape index (κ3) is 3.23. The highest BCUT2D eigenvalue weighted by Gasteiger charge is 2.55. The summed E-state index contributed by atoms with van der Waals surface area (Å²) in [6.45, 7) is 3.56. The molecule has 2 atom stereocenters. The summed E-state index contributed by atoms with van der Waals surface area (Å²) < 4.78 is 0. The molecular formula is C18H22ClN3O3. The molecule has 2 N–H and O–H groups in total. The molecule has 1 saturated heterocycles. The fraction of sp³-hybridized carbons (Fsp3) is 0.500. The Bertz CT molecular complexity index is 736. The predicted molar refractivity (Wildman–Crippen MR) is 95.4 cm³/mol. The van der Waals surface area contributed by atoms with E-state index >= 15 is 0 Å². The van der Waals surface area contributed by atoms with Gasteiger partial charge in [0.2, 0.25) is 5.91 Å². The lowest BCUT2D eigenvalue weighted by Crippen LogP contribution is -2.54. The van der Waals surface area contributed by atoms with E-state index < -0.39 is 17.5 Å². The van der Waals surface area contributed by atoms with Gasteiger partial charge < -0.3 is 10.6 Å². The minimum Gasteiger partial charge on any atom is -0.323 e. The van der Waals surface area contributed by atoms with Gasteiger partial charge in [0.15, 0.2) is 0 Å². The van der Waals surface area contributed by atoms with Crippen LogP contribution in [0.25, 0.3) is 0 Å². The molecule has 0 radical (unpaired) electrons. The third-order valence-electron chi connectivity index (χ3n) is 5.20. The molecule has 0 unspecified atom stereocenters. The van der Waals surface area contributed by atoms with Gasteiger partial charge in [-0.2, -0.15) is 0 Å². The quantitative estimate of drug-likeness (QED) is 0.810. The normalized spacial score (nSPS) is 26.0. The SMILES string of the molecule is Cc1ccc(NC(=O)CN2C(=O)N[C@@]3(CCCC[C@@H]3C)C2=O)c(Cl)c1. The molecule has 1 aromatic carbocycles. The first kappa shape index (κ1) is 17.7. The molecule has 0 aromatic heterocycles. The van der Waals surface area contributed by atoms with Crippen molar-refractivity contribution in [2.45, 2.75) is 45.1 Å². The van der Waals surface area contributed by atoms with Gasteiger partial charge in [0.25, 0.3) is 5.91 Å². The number of rotatable bonds is 3. The van der Waals surface area contributed by atoms with Gasteiger partial charge in [-0.3, -0.25) is 14.5 Å². The van der Waals surface area contributed by atoms with Gasteiger partial charge in [0, 0.05) is 0 Å². The highest BCUT2D eigenvalue weighted by molar-refractivity contribution is 6.33. The summed E-state index contributed by atoms with van der Waals surface area (Å²) >= 11 is 6.11. The Kier molecular flexibility index (Phi) is 4.73. The van der Waals surface area contributed by atoms with Crippen LogP contribution in [0.5, 0.6) is 0 Å². The number of halogens is 1. The summed E-state index contributed by atoms with van der Waals surface area (Å²) in [4.78, 5) is 38.4. The summed E-state index contributed by atoms with van der Waals surface area (Å²) in [7, 11) is 0. The first-order valence-corrected chi connectivity index (χ1v) is 8.91. The van der Waals surface area contributed by atoms with Crippen LogP contribution in [0.3, 0.4) is 0 Å². The van der Waals surface area contributed by atoms with Gasteiger partial charge in [0.05, 0.1) is 10.7 Å². The van der Waals surface area contributed by atoms with Crippen LogP contribution >= 0.6 is 11.6 Å². The average molecular weight is 364 g/mol. The summed E-state index contributed by atoms with van der Waals surface area (Å²) in [5.74, 6) is -0.679. The van der Waals surface area contributed by atoms with Crippen molar-refractivity contribution in [2.24, 2.45) is 5.92 Å². The van der Waals surface area contributed by atoms with Gasteiger partial charge in [0.1, 0.15) is 12.1 Å². The minimum atomic E-state index is -0.850. The van der Waals surface area contributed by atoms with Gasteiger partial charge in [-0.05, 0) is 43.4 Å². The average Bonchev–Trinajstić information content (AvgIpc) is 2.78. The van der Waals surface area contributed by atoms with E-state index in [0.29, 0.717) is 17.1 Å². The Morgan fingerprint density at radius 2 is 2.16 bits per heavy atom. The van der Waals surface area contributed by atoms with Crippen molar-refractivity contribution in [1.82, 2.24) is 10.2 Å². The number of anilines is 1. The van der Waals surface area contributed by atoms with Crippen molar-refractivity contribution < 1.29 is 14.4 Å². The number of carbonyl (C=O) groups excluding carboxylic acids is 3. The number of aryl methyl sites for hydroxylation is 1. The molecule has 134 valence electrons. The maximum atomic E-state index is 12.8. The number of benzene rings is 1. The molecule has 0 bridgehead atoms. The highest BCUT2D eigenvalue weighted by Crippen LogP contribution is 2.38. The van der Waals surface area contributed by atoms with Crippen molar-refractivity contribution in [1.29, 1.82) is 0 Å². The Labute approximate surface area is 151 Å². The number of nitrogens with zero attached hydrogens (tertiary/aromatic N) is 1. The van der Waals surface area contributed by atoms with E-state index in [1.54, 1.807) is 12.1 Å². The van der Waals surface area contributed by atoms with Crippen LogP contribution < -0.4 is 10.6 Å². The Hall–Kier alpha value is -2.08. The fourth-order valence-corrected chi connectivity index (χ4v) is 3.98. The topological polar surface area (TPSA) is 78.5 Å². The highest BCUT2D eigenvalue weighted by atomic mass is 35.5. The monoisotopic (exact) mass is 363 g/mol. The number of imide groups is 1. The molecule has 6 nitrogen and oxygen atoms in total. The molecule has 3 rings (SSSR count). The molecule has 1 aliphatic carbocycles. The second-order valence-electron chi connectivity index (χ2n) is 6.97. The van der Waals surface area contributed by atoms with Gasteiger partial charge in [-0.15, -0.1) is 0 Å². The maximum Gasteiger partial charge on any atom is 0.325 e. The van der Waals surface area contributed by atoms with E-state index in [-0.39, 0.29) is 18.4 Å². The molecule has 1 aliphatic heterocycles. The number of amides is 4. The lowest BCUT2D eigenvalue weighted by Gasteiger charge is -2.36. The largest absolute Gasteiger partial charge is 0.325 e. The first-order valence-electron chi connectivity index (χ1n) is 8.53. The minimum absolute atomic E-state index is 0.0669. The van der Waals surface area contributed by atoms with E-state index in [0.717, 1.165) is 29.7 Å². The Morgan fingerprint density at radius 3 is 2.84 bits per heavy atom. The summed E-state index contributed by atoms with van der Waals surface area (Å²) in [6, 6.07) is 4.77. The molecule has 25 heavy (non-hydrogen) atoms. The summed E-state index contributed by atoms with van der Waals surface area (Å²) in [5, 5.41) is 5.92. The molecule has 1 saturated carbocycles. The Morgan fingerprint density at radius 1 is 1.40 bits per heavy atom. The van der Waals surface area contributed by atoms with Crippen LogP contribution in [0.1, 0.15) is 38.2 Å². The smallest absolute Gasteiger partial charge is 0.323 e. The third-order valence-corrected chi connectivity index (χ3v) is 5.51. The van der Waals surface area contributed by atoms with E-state index in [1.807, 2.05) is 19.9 Å². The second-order valence-corrected chi connectivity index (χ2v) is 7.38. The van der Waals surface area contributed by atoms with Gasteiger partial charge in [-0.1, -0.05) is 37.4 Å². The first-order chi connectivity index (χ1) is 11.8. The standard InChI is InChI=1S/C18H22ClN3O3/c1-11-6-7-14(13(19)9-11)20-15(23)10-22-16(24)18(21-17(22)25)8-4-3-5-12(18)2/h6-7,9,12H,3-5,8,10H2,1-2H3,(H,20,23)(H,21,25)/t12-,18+/m0/s1. The van der Waals surface area contributed by atoms with Gasteiger partial charge >= 0.3 is 6.03 Å². The number of hydrogen-bond acceptors (Lipinski definition) is 3. The van der Waals surface area contributed by atoms with Crippen LogP contribution in [-0.4, -0.2) is 34.8 Å². The van der Waals surface area contributed by atoms with Gasteiger partial charge in [-0.25, -0.2) is 4.79 Å². The summed E-state index contributed by atoms with van der Waals surface area (Å²) in [5.41, 5.74) is 0.590. The van der Waals surface area contributed by atoms with Crippen molar-refractivity contribution in [3.63, 3.8) is 0 Å². The van der Waals surface area contributed by atoms with Crippen molar-refractivity contribution >= 4 is 35.1 Å². The lowest BCUT2D eigenvalue weighted by atomic mass is 9.73. The van der Waals surface area contributed by atoms with Crippen molar-refractivity contribution in [3.8, 4) is 0 Å². The number of urea groups is 1. The number of carbonyl (C=O) groups is 3. The van der Waals surface area contributed by atoms with Crippen molar-refractivity contribution in [2.75, 3.05) is 11.9 Å². The number of hydrogen-bond donors (Lipinski definition) is 2. The van der Waals surface area contributed by atoms with E-state index in [9.17, 15) is 14.4 Å². The fourth-order valence-electron chi connectivity index (χ4n) is 3.69. The molecule has 2 fully saturated rings. The zero-order valence-corrected chi connectivity index (χ0v) is 15.2. The van der Waals surface area contributed by atoms with E-state index in [2.05, 4.69) is 10.6 Å². The van der Waals surface area contributed by atoms with Crippen LogP contribution in [0.2, 0.25) is 5.02 Å².